The van der Waals surface area contributed by atoms with E-state index < -0.39 is 5.54 Å². The maximum absolute atomic E-state index is 11.5. The fourth-order valence-corrected chi connectivity index (χ4v) is 1.75. The van der Waals surface area contributed by atoms with Crippen LogP contribution in [-0.2, 0) is 4.79 Å². The number of halogens is 1. The number of ether oxygens (including phenoxy) is 1. The number of carbonyl (C=O) groups excluding carboxylic acids is 1. The molecular weight excluding hydrogens is 246 g/mol. The first-order valence-electron chi connectivity index (χ1n) is 4.30. The number of fused-ring (bicyclic) bond motifs is 1. The third-order valence-corrected chi connectivity index (χ3v) is 2.79. The van der Waals surface area contributed by atoms with E-state index in [1.807, 2.05) is 12.1 Å². The zero-order valence-corrected chi connectivity index (χ0v) is 9.51. The van der Waals surface area contributed by atoms with Gasteiger partial charge in [0.2, 0.25) is 0 Å². The molecule has 1 aliphatic rings. The van der Waals surface area contributed by atoms with E-state index in [0.29, 0.717) is 5.75 Å². The number of carbonyl (C=O) groups is 1. The summed E-state index contributed by atoms with van der Waals surface area (Å²) in [5, 5.41) is 3.13. The van der Waals surface area contributed by atoms with Gasteiger partial charge in [0, 0.05) is 4.47 Å². The van der Waals surface area contributed by atoms with Crippen molar-refractivity contribution in [2.24, 2.45) is 0 Å². The van der Waals surface area contributed by atoms with E-state index >= 15 is 0 Å². The Labute approximate surface area is 90.6 Å². The number of hydrogen-bond donors (Lipinski definition) is 1. The van der Waals surface area contributed by atoms with Gasteiger partial charge in [-0.05, 0) is 41.9 Å². The standard InChI is InChI=1S/C10H10BrNO2/c1-10(2)9(13)14-7-5-3-4-6(11)8(7)12-10/h3-5,12H,1-2H3. The van der Waals surface area contributed by atoms with Gasteiger partial charge in [0.05, 0.1) is 5.69 Å². The first kappa shape index (κ1) is 9.52. The molecule has 0 saturated carbocycles. The van der Waals surface area contributed by atoms with Crippen LogP contribution in [0.25, 0.3) is 0 Å². The molecular formula is C10H10BrNO2. The van der Waals surface area contributed by atoms with Crippen LogP contribution in [-0.4, -0.2) is 11.5 Å². The first-order valence-corrected chi connectivity index (χ1v) is 5.09. The van der Waals surface area contributed by atoms with Gasteiger partial charge in [-0.1, -0.05) is 6.07 Å². The maximum Gasteiger partial charge on any atom is 0.336 e. The highest BCUT2D eigenvalue weighted by Crippen LogP contribution is 2.38. The summed E-state index contributed by atoms with van der Waals surface area (Å²) in [5.41, 5.74) is 0.161. The third kappa shape index (κ3) is 1.39. The maximum atomic E-state index is 11.5. The molecule has 0 spiro atoms. The number of hydrogen-bond acceptors (Lipinski definition) is 3. The molecule has 0 aromatic heterocycles. The largest absolute Gasteiger partial charge is 0.423 e. The van der Waals surface area contributed by atoms with Gasteiger partial charge in [0.25, 0.3) is 0 Å². The Kier molecular flexibility index (Phi) is 2.03. The molecule has 74 valence electrons. The average molecular weight is 256 g/mol. The van der Waals surface area contributed by atoms with E-state index in [4.69, 9.17) is 4.74 Å². The molecule has 14 heavy (non-hydrogen) atoms. The lowest BCUT2D eigenvalue weighted by molar-refractivity contribution is -0.139. The average Bonchev–Trinajstić information content (AvgIpc) is 2.09. The van der Waals surface area contributed by atoms with Gasteiger partial charge >= 0.3 is 5.97 Å². The molecule has 0 unspecified atom stereocenters. The molecule has 0 bridgehead atoms. The van der Waals surface area contributed by atoms with Crippen molar-refractivity contribution in [1.82, 2.24) is 0 Å². The summed E-state index contributed by atoms with van der Waals surface area (Å²) in [6, 6.07) is 5.50. The van der Waals surface area contributed by atoms with E-state index in [2.05, 4.69) is 21.2 Å². The first-order chi connectivity index (χ1) is 6.50. The molecule has 1 aliphatic heterocycles. The fourth-order valence-electron chi connectivity index (χ4n) is 1.30. The van der Waals surface area contributed by atoms with Gasteiger partial charge < -0.3 is 10.1 Å². The topological polar surface area (TPSA) is 38.3 Å². The Morgan fingerprint density at radius 3 is 2.86 bits per heavy atom. The number of rotatable bonds is 0. The Hall–Kier alpha value is -1.03. The van der Waals surface area contributed by atoms with Crippen molar-refractivity contribution in [3.63, 3.8) is 0 Å². The zero-order valence-electron chi connectivity index (χ0n) is 7.93. The molecule has 3 nitrogen and oxygen atoms in total. The van der Waals surface area contributed by atoms with Crippen LogP contribution in [0.4, 0.5) is 5.69 Å². The quantitative estimate of drug-likeness (QED) is 0.572. The summed E-state index contributed by atoms with van der Waals surface area (Å²) in [4.78, 5) is 11.5. The van der Waals surface area contributed by atoms with Crippen LogP contribution < -0.4 is 10.1 Å². The number of nitrogens with one attached hydrogen (secondary N) is 1. The van der Waals surface area contributed by atoms with E-state index in [1.165, 1.54) is 0 Å². The van der Waals surface area contributed by atoms with Crippen molar-refractivity contribution in [2.75, 3.05) is 5.32 Å². The van der Waals surface area contributed by atoms with Crippen LogP contribution in [0.3, 0.4) is 0 Å². The van der Waals surface area contributed by atoms with Crippen molar-refractivity contribution in [2.45, 2.75) is 19.4 Å². The minimum atomic E-state index is -0.670. The molecule has 0 saturated heterocycles. The molecule has 1 aromatic carbocycles. The highest BCUT2D eigenvalue weighted by molar-refractivity contribution is 9.10. The Balaban J connectivity index is 2.51. The normalized spacial score (nSPS) is 18.1. The summed E-state index contributed by atoms with van der Waals surface area (Å²) < 4.78 is 6.10. The zero-order chi connectivity index (χ0) is 10.3. The SMILES string of the molecule is CC1(C)Nc2c(Br)cccc2OC1=O. The molecule has 1 N–H and O–H groups in total. The van der Waals surface area contributed by atoms with E-state index in [-0.39, 0.29) is 5.97 Å². The van der Waals surface area contributed by atoms with Gasteiger partial charge in [0.1, 0.15) is 5.54 Å². The van der Waals surface area contributed by atoms with Crippen LogP contribution in [0.2, 0.25) is 0 Å². The predicted molar refractivity (Wildman–Crippen MR) is 57.5 cm³/mol. The number of anilines is 1. The third-order valence-electron chi connectivity index (χ3n) is 2.13. The van der Waals surface area contributed by atoms with Gasteiger partial charge in [0.15, 0.2) is 5.75 Å². The van der Waals surface area contributed by atoms with Crippen molar-refractivity contribution < 1.29 is 9.53 Å². The lowest BCUT2D eigenvalue weighted by Crippen LogP contribution is -2.46. The highest BCUT2D eigenvalue weighted by atomic mass is 79.9. The molecule has 0 fully saturated rings. The Morgan fingerprint density at radius 2 is 2.14 bits per heavy atom. The minimum Gasteiger partial charge on any atom is -0.423 e. The molecule has 2 rings (SSSR count). The Bertz CT molecular complexity index is 401. The molecule has 0 amide bonds. The van der Waals surface area contributed by atoms with E-state index in [0.717, 1.165) is 10.2 Å². The lowest BCUT2D eigenvalue weighted by Gasteiger charge is -2.31. The summed E-state index contributed by atoms with van der Waals surface area (Å²) in [7, 11) is 0. The molecule has 0 radical (unpaired) electrons. The summed E-state index contributed by atoms with van der Waals surface area (Å²) in [6.45, 7) is 3.58. The van der Waals surface area contributed by atoms with Crippen LogP contribution in [0.15, 0.2) is 22.7 Å². The fraction of sp³-hybridized carbons (Fsp3) is 0.300. The molecule has 0 atom stereocenters. The number of esters is 1. The van der Waals surface area contributed by atoms with Crippen molar-refractivity contribution in [3.05, 3.63) is 22.7 Å². The van der Waals surface area contributed by atoms with Gasteiger partial charge in [-0.15, -0.1) is 0 Å². The predicted octanol–water partition coefficient (Wildman–Crippen LogP) is 2.56. The van der Waals surface area contributed by atoms with E-state index in [9.17, 15) is 4.79 Å². The minimum absolute atomic E-state index is 0.261. The van der Waals surface area contributed by atoms with Gasteiger partial charge in [-0.2, -0.15) is 0 Å². The molecule has 1 aromatic rings. The second-order valence-electron chi connectivity index (χ2n) is 3.75. The summed E-state index contributed by atoms with van der Waals surface area (Å²) in [5.74, 6) is 0.312. The van der Waals surface area contributed by atoms with Crippen molar-refractivity contribution in [1.29, 1.82) is 0 Å². The monoisotopic (exact) mass is 255 g/mol. The highest BCUT2D eigenvalue weighted by Gasteiger charge is 2.35. The molecule has 0 aliphatic carbocycles. The van der Waals surface area contributed by atoms with Gasteiger partial charge in [-0.3, -0.25) is 0 Å². The van der Waals surface area contributed by atoms with Crippen LogP contribution in [0, 0.1) is 0 Å². The lowest BCUT2D eigenvalue weighted by atomic mass is 10.0. The summed E-state index contributed by atoms with van der Waals surface area (Å²) >= 11 is 3.40. The number of para-hydroxylation sites is 1. The van der Waals surface area contributed by atoms with Crippen molar-refractivity contribution >= 4 is 27.6 Å². The van der Waals surface area contributed by atoms with Gasteiger partial charge in [-0.25, -0.2) is 4.79 Å². The second kappa shape index (κ2) is 2.98. The van der Waals surface area contributed by atoms with E-state index in [1.54, 1.807) is 19.9 Å². The Morgan fingerprint density at radius 1 is 1.43 bits per heavy atom. The van der Waals surface area contributed by atoms with Crippen LogP contribution >= 0.6 is 15.9 Å². The number of benzene rings is 1. The smallest absolute Gasteiger partial charge is 0.336 e. The van der Waals surface area contributed by atoms with Crippen LogP contribution in [0.1, 0.15) is 13.8 Å². The van der Waals surface area contributed by atoms with Crippen molar-refractivity contribution in [3.8, 4) is 5.75 Å². The van der Waals surface area contributed by atoms with Crippen LogP contribution in [0.5, 0.6) is 5.75 Å². The second-order valence-corrected chi connectivity index (χ2v) is 4.61. The summed E-state index contributed by atoms with van der Waals surface area (Å²) in [6.07, 6.45) is 0. The molecule has 1 heterocycles. The molecule has 4 heteroatoms.